The number of aliphatic hydroxyl groups excluding tert-OH is 1. The Morgan fingerprint density at radius 1 is 1.17 bits per heavy atom. The average molecular weight is 478 g/mol. The summed E-state index contributed by atoms with van der Waals surface area (Å²) in [5, 5.41) is 10.1. The number of hydrogen-bond donors (Lipinski definition) is 1. The molecule has 8 heteroatoms. The van der Waals surface area contributed by atoms with E-state index in [2.05, 4.69) is 6.58 Å². The van der Waals surface area contributed by atoms with E-state index in [1.54, 1.807) is 62.6 Å². The number of fused-ring (bicyclic) bond motifs is 1. The molecule has 0 aliphatic carbocycles. The van der Waals surface area contributed by atoms with Crippen LogP contribution in [0.1, 0.15) is 31.4 Å². The summed E-state index contributed by atoms with van der Waals surface area (Å²) in [6.45, 7) is 7.06. The Hall–Kier alpha value is -3.91. The van der Waals surface area contributed by atoms with Crippen LogP contribution in [0, 0.1) is 5.92 Å². The lowest BCUT2D eigenvalue weighted by Gasteiger charge is -2.44. The van der Waals surface area contributed by atoms with Crippen molar-refractivity contribution in [1.82, 2.24) is 4.90 Å². The van der Waals surface area contributed by atoms with Crippen LogP contribution in [0.2, 0.25) is 0 Å². The predicted octanol–water partition coefficient (Wildman–Crippen LogP) is 3.24. The van der Waals surface area contributed by atoms with E-state index in [0.717, 1.165) is 5.56 Å². The lowest BCUT2D eigenvalue weighted by molar-refractivity contribution is -0.162. The molecule has 1 amide bonds. The van der Waals surface area contributed by atoms with Crippen LogP contribution in [-0.2, 0) is 25.7 Å². The second kappa shape index (κ2) is 9.76. The fourth-order valence-electron chi connectivity index (χ4n) is 4.55. The molecule has 35 heavy (non-hydrogen) atoms. The van der Waals surface area contributed by atoms with Crippen LogP contribution in [-0.4, -0.2) is 47.1 Å². The first-order chi connectivity index (χ1) is 16.7. The highest BCUT2D eigenvalue weighted by Crippen LogP contribution is 2.47. The number of benzene rings is 2. The van der Waals surface area contributed by atoms with Crippen molar-refractivity contribution >= 4 is 23.4 Å². The third-order valence-electron chi connectivity index (χ3n) is 6.26. The molecule has 182 valence electrons. The zero-order valence-corrected chi connectivity index (χ0v) is 19.8. The number of ether oxygens (including phenoxy) is 3. The number of amides is 1. The van der Waals surface area contributed by atoms with Gasteiger partial charge >= 0.3 is 11.9 Å². The number of nitrogens with zero attached hydrogens (tertiary/aromatic N) is 1. The van der Waals surface area contributed by atoms with Gasteiger partial charge in [0.1, 0.15) is 23.8 Å². The molecule has 8 nitrogen and oxygen atoms in total. The van der Waals surface area contributed by atoms with Gasteiger partial charge in [-0.15, -0.1) is 0 Å². The summed E-state index contributed by atoms with van der Waals surface area (Å²) in [5.74, 6) is -0.987. The molecule has 2 aromatic rings. The molecule has 2 aromatic carbocycles. The summed E-state index contributed by atoms with van der Waals surface area (Å²) < 4.78 is 15.9. The van der Waals surface area contributed by atoms with Crippen molar-refractivity contribution in [1.29, 1.82) is 0 Å². The highest BCUT2D eigenvalue weighted by Gasteiger charge is 2.57. The predicted molar refractivity (Wildman–Crippen MR) is 127 cm³/mol. The van der Waals surface area contributed by atoms with Gasteiger partial charge in [-0.3, -0.25) is 9.59 Å². The minimum atomic E-state index is -0.847. The first-order valence-electron chi connectivity index (χ1n) is 11.2. The summed E-state index contributed by atoms with van der Waals surface area (Å²) >= 11 is 0. The van der Waals surface area contributed by atoms with Crippen LogP contribution in [0.3, 0.4) is 0 Å². The zero-order chi connectivity index (χ0) is 25.3. The van der Waals surface area contributed by atoms with Gasteiger partial charge < -0.3 is 24.2 Å². The van der Waals surface area contributed by atoms with Gasteiger partial charge in [-0.05, 0) is 59.9 Å². The molecule has 0 radical (unpaired) electrons. The van der Waals surface area contributed by atoms with Gasteiger partial charge in [0.25, 0.3) is 0 Å². The Labute approximate surface area is 203 Å². The Kier molecular flexibility index (Phi) is 6.75. The Bertz CT molecular complexity index is 1210. The molecule has 3 atom stereocenters. The van der Waals surface area contributed by atoms with Crippen LogP contribution in [0.4, 0.5) is 0 Å². The smallest absolute Gasteiger partial charge is 0.355 e. The van der Waals surface area contributed by atoms with Crippen LogP contribution in [0.5, 0.6) is 11.5 Å². The molecule has 0 aromatic heterocycles. The van der Waals surface area contributed by atoms with E-state index in [4.69, 9.17) is 14.2 Å². The number of aliphatic hydroxyl groups is 1. The normalized spacial score (nSPS) is 19.5. The first kappa shape index (κ1) is 24.2. The molecule has 4 rings (SSSR count). The van der Waals surface area contributed by atoms with Gasteiger partial charge in [0.15, 0.2) is 0 Å². The highest BCUT2D eigenvalue weighted by atomic mass is 16.5. The van der Waals surface area contributed by atoms with E-state index in [1.807, 2.05) is 0 Å². The summed E-state index contributed by atoms with van der Waals surface area (Å²) in [7, 11) is 1.57. The number of rotatable bonds is 8. The second-order valence-electron chi connectivity index (χ2n) is 8.60. The number of hydrogen-bond acceptors (Lipinski definition) is 7. The molecule has 0 spiro atoms. The third kappa shape index (κ3) is 4.70. The van der Waals surface area contributed by atoms with Crippen LogP contribution < -0.4 is 9.47 Å². The standard InChI is InChI=1S/C27H27NO7/c1-15(19-6-5-7-21(12-19)35-17(3)30)22-13-23-24(16(2)29)26(31)28(23)25(22)27(32)34-14-18-8-10-20(33-4)11-9-18/h5-12,16,23-24,29H,1,13-14H2,2-4H3/t16-,23-,24-/m1/s1. The maximum Gasteiger partial charge on any atom is 0.355 e. The van der Waals surface area contributed by atoms with Gasteiger partial charge in [-0.2, -0.15) is 0 Å². The van der Waals surface area contributed by atoms with Gasteiger partial charge in [0.2, 0.25) is 5.91 Å². The topological polar surface area (TPSA) is 102 Å². The lowest BCUT2D eigenvalue weighted by atomic mass is 9.82. The molecular weight excluding hydrogens is 450 g/mol. The molecule has 0 bridgehead atoms. The van der Waals surface area contributed by atoms with Gasteiger partial charge in [0.05, 0.1) is 25.2 Å². The number of carbonyl (C=O) groups excluding carboxylic acids is 3. The average Bonchev–Trinajstić information content (AvgIpc) is 3.16. The molecule has 2 aliphatic heterocycles. The summed E-state index contributed by atoms with van der Waals surface area (Å²) in [5.41, 5.74) is 2.62. The Morgan fingerprint density at radius 3 is 2.51 bits per heavy atom. The van der Waals surface area contributed by atoms with Crippen LogP contribution >= 0.6 is 0 Å². The van der Waals surface area contributed by atoms with Crippen LogP contribution in [0.25, 0.3) is 5.57 Å². The zero-order valence-electron chi connectivity index (χ0n) is 19.8. The van der Waals surface area contributed by atoms with Gasteiger partial charge in [-0.1, -0.05) is 30.8 Å². The number of esters is 2. The summed E-state index contributed by atoms with van der Waals surface area (Å²) in [6.07, 6.45) is -0.495. The molecule has 0 unspecified atom stereocenters. The minimum absolute atomic E-state index is 0.0144. The van der Waals surface area contributed by atoms with E-state index < -0.39 is 24.0 Å². The molecule has 1 N–H and O–H groups in total. The fourth-order valence-corrected chi connectivity index (χ4v) is 4.55. The number of methoxy groups -OCH3 is 1. The Balaban J connectivity index is 1.62. The lowest BCUT2D eigenvalue weighted by Crippen LogP contribution is -2.61. The molecule has 1 fully saturated rings. The molecular formula is C27H27NO7. The number of β-lactam (4-membered cyclic amide) rings is 1. The van der Waals surface area contributed by atoms with Crippen molar-refractivity contribution < 1.29 is 33.7 Å². The van der Waals surface area contributed by atoms with Crippen molar-refractivity contribution in [3.05, 3.63) is 77.5 Å². The number of carbonyl (C=O) groups is 3. The molecule has 2 heterocycles. The van der Waals surface area contributed by atoms with E-state index in [0.29, 0.717) is 34.6 Å². The maximum absolute atomic E-state index is 13.2. The second-order valence-corrected chi connectivity index (χ2v) is 8.60. The highest BCUT2D eigenvalue weighted by molar-refractivity contribution is 6.04. The van der Waals surface area contributed by atoms with E-state index in [1.165, 1.54) is 11.8 Å². The van der Waals surface area contributed by atoms with Gasteiger partial charge in [0, 0.05) is 6.92 Å². The number of allylic oxidation sites excluding steroid dienone is 1. The van der Waals surface area contributed by atoms with E-state index in [9.17, 15) is 19.5 Å². The van der Waals surface area contributed by atoms with Crippen molar-refractivity contribution in [3.63, 3.8) is 0 Å². The summed E-state index contributed by atoms with van der Waals surface area (Å²) in [6, 6.07) is 13.6. The molecule has 0 saturated carbocycles. The van der Waals surface area contributed by atoms with Crippen molar-refractivity contribution in [2.24, 2.45) is 5.92 Å². The van der Waals surface area contributed by atoms with E-state index in [-0.39, 0.29) is 24.3 Å². The first-order valence-corrected chi connectivity index (χ1v) is 11.2. The monoisotopic (exact) mass is 477 g/mol. The fraction of sp³-hybridized carbons (Fsp3) is 0.296. The third-order valence-corrected chi connectivity index (χ3v) is 6.26. The van der Waals surface area contributed by atoms with Crippen LogP contribution in [0.15, 0.2) is 66.4 Å². The summed E-state index contributed by atoms with van der Waals surface area (Å²) in [4.78, 5) is 38.9. The van der Waals surface area contributed by atoms with Gasteiger partial charge in [-0.25, -0.2) is 4.79 Å². The van der Waals surface area contributed by atoms with Crippen molar-refractivity contribution in [3.8, 4) is 11.5 Å². The molecule has 1 saturated heterocycles. The SMILES string of the molecule is C=C(C1=C(C(=O)OCc2ccc(OC)cc2)N2C(=O)[C@H]([C@@H](C)O)[C@H]2C1)c1cccc(OC(C)=O)c1. The van der Waals surface area contributed by atoms with Crippen molar-refractivity contribution in [2.45, 2.75) is 39.0 Å². The largest absolute Gasteiger partial charge is 0.497 e. The van der Waals surface area contributed by atoms with E-state index >= 15 is 0 Å². The maximum atomic E-state index is 13.2. The molecule has 2 aliphatic rings. The Morgan fingerprint density at radius 2 is 1.89 bits per heavy atom. The quantitative estimate of drug-likeness (QED) is 0.354. The van der Waals surface area contributed by atoms with Crippen molar-refractivity contribution in [2.75, 3.05) is 7.11 Å². The minimum Gasteiger partial charge on any atom is -0.497 e.